The second-order valence-electron chi connectivity index (χ2n) is 6.38. The number of nitrogens with zero attached hydrogens (tertiary/aromatic N) is 3. The van der Waals surface area contributed by atoms with E-state index in [9.17, 15) is 4.79 Å². The van der Waals surface area contributed by atoms with Gasteiger partial charge in [0.2, 0.25) is 0 Å². The van der Waals surface area contributed by atoms with Crippen LogP contribution in [0.1, 0.15) is 16.8 Å². The third kappa shape index (κ3) is 4.18. The molecule has 1 aliphatic rings. The third-order valence-corrected chi connectivity index (χ3v) is 4.63. The average molecular weight is 409 g/mol. The molecule has 4 rings (SSSR count). The van der Waals surface area contributed by atoms with Gasteiger partial charge in [0, 0.05) is 22.5 Å². The van der Waals surface area contributed by atoms with E-state index < -0.39 is 0 Å². The Morgan fingerprint density at radius 2 is 1.93 bits per heavy atom. The number of aromatic nitrogens is 2. The van der Waals surface area contributed by atoms with E-state index in [0.717, 1.165) is 5.56 Å². The van der Waals surface area contributed by atoms with E-state index in [2.05, 4.69) is 16.5 Å². The van der Waals surface area contributed by atoms with E-state index in [4.69, 9.17) is 26.3 Å². The standard InChI is InChI=1S/C21H17ClN4O3/c22-15-3-5-16(6-4-15)24-21(27)17-13-26(9-1-8-23)25-20(17)14-2-7-18-19(12-14)29-11-10-28-18/h2-7,12-13H,1,9-11H2,(H,24,27). The van der Waals surface area contributed by atoms with E-state index in [1.54, 1.807) is 41.2 Å². The summed E-state index contributed by atoms with van der Waals surface area (Å²) in [5, 5.41) is 16.8. The number of amides is 1. The lowest BCUT2D eigenvalue weighted by Crippen LogP contribution is -2.15. The van der Waals surface area contributed by atoms with Crippen LogP contribution < -0.4 is 14.8 Å². The number of halogens is 1. The van der Waals surface area contributed by atoms with Crippen LogP contribution in [0.2, 0.25) is 5.02 Å². The fourth-order valence-corrected chi connectivity index (χ4v) is 3.13. The summed E-state index contributed by atoms with van der Waals surface area (Å²) < 4.78 is 12.8. The number of carbonyl (C=O) groups excluding carboxylic acids is 1. The smallest absolute Gasteiger partial charge is 0.259 e. The molecule has 0 saturated carbocycles. The summed E-state index contributed by atoms with van der Waals surface area (Å²) in [6.07, 6.45) is 1.94. The molecule has 29 heavy (non-hydrogen) atoms. The van der Waals surface area contributed by atoms with Gasteiger partial charge in [-0.2, -0.15) is 10.4 Å². The zero-order valence-electron chi connectivity index (χ0n) is 15.4. The molecule has 8 heteroatoms. The van der Waals surface area contributed by atoms with Crippen molar-refractivity contribution in [3.8, 4) is 28.8 Å². The minimum atomic E-state index is -0.305. The van der Waals surface area contributed by atoms with Gasteiger partial charge in [-0.15, -0.1) is 0 Å². The molecule has 146 valence electrons. The van der Waals surface area contributed by atoms with Crippen LogP contribution in [0.15, 0.2) is 48.7 Å². The first-order valence-electron chi connectivity index (χ1n) is 9.05. The zero-order valence-corrected chi connectivity index (χ0v) is 16.1. The van der Waals surface area contributed by atoms with Crippen molar-refractivity contribution in [2.75, 3.05) is 18.5 Å². The minimum absolute atomic E-state index is 0.292. The van der Waals surface area contributed by atoms with Gasteiger partial charge in [-0.05, 0) is 42.5 Å². The van der Waals surface area contributed by atoms with Gasteiger partial charge in [-0.1, -0.05) is 11.6 Å². The van der Waals surface area contributed by atoms with Crippen molar-refractivity contribution in [2.24, 2.45) is 0 Å². The predicted octanol–water partition coefficient (Wildman–Crippen LogP) is 4.14. The highest BCUT2D eigenvalue weighted by molar-refractivity contribution is 6.30. The molecule has 1 aromatic heterocycles. The van der Waals surface area contributed by atoms with Gasteiger partial charge in [0.1, 0.15) is 18.9 Å². The van der Waals surface area contributed by atoms with Gasteiger partial charge in [-0.3, -0.25) is 9.48 Å². The fourth-order valence-electron chi connectivity index (χ4n) is 3.00. The lowest BCUT2D eigenvalue weighted by atomic mass is 10.1. The molecule has 0 radical (unpaired) electrons. The van der Waals surface area contributed by atoms with Crippen molar-refractivity contribution in [2.45, 2.75) is 13.0 Å². The predicted molar refractivity (Wildman–Crippen MR) is 108 cm³/mol. The second-order valence-corrected chi connectivity index (χ2v) is 6.82. The number of rotatable bonds is 5. The molecule has 0 aliphatic carbocycles. The Morgan fingerprint density at radius 3 is 2.69 bits per heavy atom. The number of benzene rings is 2. The number of nitriles is 1. The summed E-state index contributed by atoms with van der Waals surface area (Å²) >= 11 is 5.91. The van der Waals surface area contributed by atoms with Gasteiger partial charge in [-0.25, -0.2) is 0 Å². The Kier molecular flexibility index (Phi) is 5.36. The number of hydrogen-bond acceptors (Lipinski definition) is 5. The molecule has 1 aliphatic heterocycles. The minimum Gasteiger partial charge on any atom is -0.486 e. The number of anilines is 1. The monoisotopic (exact) mass is 408 g/mol. The van der Waals surface area contributed by atoms with Crippen molar-refractivity contribution in [3.63, 3.8) is 0 Å². The third-order valence-electron chi connectivity index (χ3n) is 4.38. The van der Waals surface area contributed by atoms with E-state index >= 15 is 0 Å². The molecule has 0 unspecified atom stereocenters. The number of hydrogen-bond donors (Lipinski definition) is 1. The summed E-state index contributed by atoms with van der Waals surface area (Å²) in [4.78, 5) is 13.0. The lowest BCUT2D eigenvalue weighted by Gasteiger charge is -2.18. The van der Waals surface area contributed by atoms with Crippen LogP contribution in [-0.4, -0.2) is 28.9 Å². The normalized spacial score (nSPS) is 12.3. The van der Waals surface area contributed by atoms with E-state index in [1.165, 1.54) is 0 Å². The Balaban J connectivity index is 1.68. The van der Waals surface area contributed by atoms with Crippen LogP contribution >= 0.6 is 11.6 Å². The number of nitrogens with one attached hydrogen (secondary N) is 1. The maximum Gasteiger partial charge on any atom is 0.259 e. The summed E-state index contributed by atoms with van der Waals surface area (Å²) in [5.74, 6) is 0.973. The number of aryl methyl sites for hydroxylation is 1. The Bertz CT molecular complexity index is 1090. The summed E-state index contributed by atoms with van der Waals surface area (Å²) in [6.45, 7) is 1.36. The molecule has 0 saturated heterocycles. The summed E-state index contributed by atoms with van der Waals surface area (Å²) in [7, 11) is 0. The molecular formula is C21H17ClN4O3. The zero-order chi connectivity index (χ0) is 20.2. The first-order valence-corrected chi connectivity index (χ1v) is 9.43. The number of ether oxygens (including phenoxy) is 2. The van der Waals surface area contributed by atoms with Crippen molar-refractivity contribution in [3.05, 3.63) is 59.2 Å². The van der Waals surface area contributed by atoms with Gasteiger partial charge < -0.3 is 14.8 Å². The Hall–Kier alpha value is -3.50. The summed E-state index contributed by atoms with van der Waals surface area (Å²) in [5.41, 5.74) is 2.25. The summed E-state index contributed by atoms with van der Waals surface area (Å²) in [6, 6.07) is 14.4. The van der Waals surface area contributed by atoms with Crippen LogP contribution in [0.5, 0.6) is 11.5 Å². The van der Waals surface area contributed by atoms with E-state index in [-0.39, 0.29) is 5.91 Å². The molecule has 2 heterocycles. The van der Waals surface area contributed by atoms with Crippen molar-refractivity contribution < 1.29 is 14.3 Å². The number of fused-ring (bicyclic) bond motifs is 1. The van der Waals surface area contributed by atoms with Crippen LogP contribution in [0.3, 0.4) is 0 Å². The molecule has 0 atom stereocenters. The highest BCUT2D eigenvalue weighted by Crippen LogP contribution is 2.35. The lowest BCUT2D eigenvalue weighted by molar-refractivity contribution is 0.102. The number of carbonyl (C=O) groups is 1. The van der Waals surface area contributed by atoms with Crippen LogP contribution in [0.25, 0.3) is 11.3 Å². The molecule has 0 spiro atoms. The maximum atomic E-state index is 13.0. The topological polar surface area (TPSA) is 89.2 Å². The highest BCUT2D eigenvalue weighted by atomic mass is 35.5. The molecule has 1 N–H and O–H groups in total. The van der Waals surface area contributed by atoms with E-state index in [0.29, 0.717) is 59.6 Å². The van der Waals surface area contributed by atoms with Gasteiger partial charge in [0.15, 0.2) is 11.5 Å². The molecular weight excluding hydrogens is 392 g/mol. The second kappa shape index (κ2) is 8.25. The SMILES string of the molecule is N#CCCn1cc(C(=O)Nc2ccc(Cl)cc2)c(-c2ccc3c(c2)OCCO3)n1. The molecule has 7 nitrogen and oxygen atoms in total. The van der Waals surface area contributed by atoms with Crippen LogP contribution in [0, 0.1) is 11.3 Å². The van der Waals surface area contributed by atoms with Gasteiger partial charge in [0.05, 0.1) is 24.6 Å². The first-order chi connectivity index (χ1) is 14.1. The largest absolute Gasteiger partial charge is 0.486 e. The van der Waals surface area contributed by atoms with Crippen LogP contribution in [-0.2, 0) is 6.54 Å². The van der Waals surface area contributed by atoms with Gasteiger partial charge in [0.25, 0.3) is 5.91 Å². The molecule has 2 aromatic carbocycles. The quantitative estimate of drug-likeness (QED) is 0.685. The Labute approximate surface area is 172 Å². The average Bonchev–Trinajstić information content (AvgIpc) is 3.18. The maximum absolute atomic E-state index is 13.0. The first kappa shape index (κ1) is 18.8. The van der Waals surface area contributed by atoms with Crippen molar-refractivity contribution in [1.29, 1.82) is 5.26 Å². The molecule has 3 aromatic rings. The van der Waals surface area contributed by atoms with Crippen molar-refractivity contribution >= 4 is 23.2 Å². The van der Waals surface area contributed by atoms with Crippen LogP contribution in [0.4, 0.5) is 5.69 Å². The molecule has 1 amide bonds. The molecule has 0 bridgehead atoms. The van der Waals surface area contributed by atoms with Gasteiger partial charge >= 0.3 is 0 Å². The van der Waals surface area contributed by atoms with E-state index in [1.807, 2.05) is 12.1 Å². The van der Waals surface area contributed by atoms with Crippen molar-refractivity contribution in [1.82, 2.24) is 9.78 Å². The molecule has 0 fully saturated rings. The Morgan fingerprint density at radius 1 is 1.17 bits per heavy atom. The highest BCUT2D eigenvalue weighted by Gasteiger charge is 2.21. The fraction of sp³-hybridized carbons (Fsp3) is 0.190.